The summed E-state index contributed by atoms with van der Waals surface area (Å²) in [5.41, 5.74) is -0.262. The summed E-state index contributed by atoms with van der Waals surface area (Å²) in [6, 6.07) is 6.34. The van der Waals surface area contributed by atoms with E-state index in [1.54, 1.807) is 24.3 Å². The van der Waals surface area contributed by atoms with Crippen molar-refractivity contribution in [2.45, 2.75) is 30.1 Å². The van der Waals surface area contributed by atoms with E-state index in [0.29, 0.717) is 23.1 Å². The number of para-hydroxylation sites is 1. The Bertz CT molecular complexity index is 892. The van der Waals surface area contributed by atoms with Crippen LogP contribution < -0.4 is 10.2 Å². The van der Waals surface area contributed by atoms with Crippen LogP contribution in [0, 0.1) is 0 Å². The van der Waals surface area contributed by atoms with Crippen molar-refractivity contribution < 1.29 is 27.2 Å². The quantitative estimate of drug-likeness (QED) is 0.833. The zero-order valence-corrected chi connectivity index (χ0v) is 13.7. The fourth-order valence-corrected chi connectivity index (χ4v) is 4.20. The van der Waals surface area contributed by atoms with Crippen molar-refractivity contribution in [3.05, 3.63) is 53.5 Å². The van der Waals surface area contributed by atoms with E-state index in [-0.39, 0.29) is 12.2 Å². The third-order valence-electron chi connectivity index (χ3n) is 5.33. The number of carbonyl (C=O) groups excluding carboxylic acids is 2. The molecule has 1 N–H and O–H groups in total. The van der Waals surface area contributed by atoms with Gasteiger partial charge in [-0.15, -0.1) is 0 Å². The molecule has 5 nitrogen and oxygen atoms in total. The van der Waals surface area contributed by atoms with Crippen molar-refractivity contribution >= 4 is 17.9 Å². The van der Waals surface area contributed by atoms with Gasteiger partial charge < -0.3 is 9.32 Å². The smallest absolute Gasteiger partial charge is 0.403 e. The van der Waals surface area contributed by atoms with Gasteiger partial charge in [-0.2, -0.15) is 13.2 Å². The van der Waals surface area contributed by atoms with Gasteiger partial charge in [0.15, 0.2) is 12.0 Å². The Labute approximate surface area is 146 Å². The maximum atomic E-state index is 13.5. The van der Waals surface area contributed by atoms with Crippen molar-refractivity contribution in [1.29, 1.82) is 0 Å². The highest BCUT2D eigenvalue weighted by atomic mass is 19.4. The van der Waals surface area contributed by atoms with E-state index in [1.165, 1.54) is 24.3 Å². The zero-order chi connectivity index (χ0) is 18.7. The summed E-state index contributed by atoms with van der Waals surface area (Å²) in [5.74, 6) is -1.42. The molecule has 1 fully saturated rings. The Morgan fingerprint density at radius 2 is 2.04 bits per heavy atom. The number of nitrogens with zero attached hydrogens (tertiary/aromatic N) is 1. The molecule has 0 unspecified atom stereocenters. The molecule has 3 atom stereocenters. The predicted octanol–water partition coefficient (Wildman–Crippen LogP) is 2.97. The molecule has 0 saturated carbocycles. The highest BCUT2D eigenvalue weighted by Gasteiger charge is 2.64. The molecule has 4 rings (SSSR count). The number of alkyl halides is 3. The van der Waals surface area contributed by atoms with Crippen LogP contribution in [0.4, 0.5) is 18.9 Å². The minimum absolute atomic E-state index is 0.0566. The van der Waals surface area contributed by atoms with Crippen LogP contribution in [0.15, 0.2) is 41.0 Å². The van der Waals surface area contributed by atoms with Gasteiger partial charge in [0, 0.05) is 29.8 Å². The van der Waals surface area contributed by atoms with E-state index in [1.807, 2.05) is 0 Å². The number of carbonyl (C=O) groups is 2. The summed E-state index contributed by atoms with van der Waals surface area (Å²) in [4.78, 5) is 25.8. The Kier molecular flexibility index (Phi) is 3.52. The summed E-state index contributed by atoms with van der Waals surface area (Å²) in [5, 5.41) is 2.56. The fraction of sp³-hybridized carbons (Fsp3) is 0.333. The second-order valence-corrected chi connectivity index (χ2v) is 6.57. The van der Waals surface area contributed by atoms with Gasteiger partial charge in [-0.1, -0.05) is 18.2 Å². The fourth-order valence-electron chi connectivity index (χ4n) is 4.20. The Balaban J connectivity index is 1.95. The summed E-state index contributed by atoms with van der Waals surface area (Å²) in [6.45, 7) is 0. The Morgan fingerprint density at radius 1 is 1.31 bits per heavy atom. The van der Waals surface area contributed by atoms with E-state index in [4.69, 9.17) is 4.42 Å². The summed E-state index contributed by atoms with van der Waals surface area (Å²) in [7, 11) is 1.53. The first-order valence-corrected chi connectivity index (χ1v) is 8.05. The van der Waals surface area contributed by atoms with Gasteiger partial charge in [-0.05, 0) is 18.6 Å². The van der Waals surface area contributed by atoms with Crippen LogP contribution in [0.5, 0.6) is 0 Å². The molecule has 0 bridgehead atoms. The topological polar surface area (TPSA) is 62.6 Å². The first-order chi connectivity index (χ1) is 12.3. The number of fused-ring (bicyclic) bond motifs is 2. The third kappa shape index (κ3) is 2.08. The van der Waals surface area contributed by atoms with Gasteiger partial charge >= 0.3 is 6.18 Å². The number of amides is 1. The van der Waals surface area contributed by atoms with Crippen molar-refractivity contribution in [2.75, 3.05) is 11.9 Å². The number of hydrogen-bond donors (Lipinski definition) is 1. The van der Waals surface area contributed by atoms with E-state index >= 15 is 0 Å². The average Bonchev–Trinajstić information content (AvgIpc) is 3.28. The minimum atomic E-state index is -4.52. The lowest BCUT2D eigenvalue weighted by atomic mass is 9.76. The van der Waals surface area contributed by atoms with Crippen LogP contribution in [0.1, 0.15) is 34.0 Å². The normalized spacial score (nSPS) is 28.0. The lowest BCUT2D eigenvalue weighted by molar-refractivity contribution is -0.154. The Morgan fingerprint density at radius 3 is 2.73 bits per heavy atom. The largest absolute Gasteiger partial charge is 0.461 e. The van der Waals surface area contributed by atoms with E-state index in [2.05, 4.69) is 5.32 Å². The second kappa shape index (κ2) is 5.44. The van der Waals surface area contributed by atoms with Gasteiger partial charge in [0.1, 0.15) is 11.6 Å². The van der Waals surface area contributed by atoms with Crippen molar-refractivity contribution in [2.24, 2.45) is 0 Å². The Hall–Kier alpha value is -2.61. The molecule has 2 aliphatic rings. The molecule has 2 aromatic rings. The van der Waals surface area contributed by atoms with Crippen molar-refractivity contribution in [3.63, 3.8) is 0 Å². The van der Waals surface area contributed by atoms with Gasteiger partial charge in [-0.25, -0.2) is 0 Å². The van der Waals surface area contributed by atoms with Crippen LogP contribution in [0.25, 0.3) is 0 Å². The molecule has 1 spiro atoms. The van der Waals surface area contributed by atoms with Crippen LogP contribution in [-0.2, 0) is 10.3 Å². The molecule has 8 heteroatoms. The van der Waals surface area contributed by atoms with Gasteiger partial charge in [0.05, 0.1) is 6.26 Å². The molecule has 26 heavy (non-hydrogen) atoms. The molecule has 1 amide bonds. The first-order valence-electron chi connectivity index (χ1n) is 8.05. The lowest BCUT2D eigenvalue weighted by Crippen LogP contribution is -2.53. The number of aldehydes is 1. The molecular weight excluding hydrogens is 349 g/mol. The molecule has 0 aliphatic carbocycles. The average molecular weight is 364 g/mol. The predicted molar refractivity (Wildman–Crippen MR) is 86.0 cm³/mol. The van der Waals surface area contributed by atoms with Crippen LogP contribution >= 0.6 is 0 Å². The molecule has 0 radical (unpaired) electrons. The number of likely N-dealkylation sites (N-methyl/N-ethyl adjacent to an activating group) is 1. The van der Waals surface area contributed by atoms with E-state index in [9.17, 15) is 22.8 Å². The first kappa shape index (κ1) is 16.8. The zero-order valence-electron chi connectivity index (χ0n) is 13.7. The maximum Gasteiger partial charge on any atom is 0.403 e. The minimum Gasteiger partial charge on any atom is -0.461 e. The number of benzene rings is 1. The van der Waals surface area contributed by atoms with Crippen LogP contribution in [0.3, 0.4) is 0 Å². The lowest BCUT2D eigenvalue weighted by Gasteiger charge is -2.30. The van der Waals surface area contributed by atoms with Gasteiger partial charge in [0.25, 0.3) is 5.91 Å². The highest BCUT2D eigenvalue weighted by molar-refractivity contribution is 6.08. The highest BCUT2D eigenvalue weighted by Crippen LogP contribution is 2.55. The molecule has 136 valence electrons. The van der Waals surface area contributed by atoms with E-state index in [0.717, 1.165) is 0 Å². The molecular formula is C18H15F3N2O3. The molecule has 3 heterocycles. The van der Waals surface area contributed by atoms with Gasteiger partial charge in [0.2, 0.25) is 0 Å². The molecule has 1 aromatic carbocycles. The SMILES string of the molecule is CN1C(=O)[C@]2(N[C@H](C(F)(F)F)C[C@@H]2c2ccoc2C=O)c2ccccc21. The standard InChI is InChI=1S/C18H15F3N2O3/c1-23-13-5-3-2-4-11(13)17(16(23)25)12(8-15(22-17)18(19,20)21)10-6-7-26-14(10)9-24/h2-7,9,12,15,22H,8H2,1H3/t12-,15+,17+/m1/s1. The molecule has 1 saturated heterocycles. The summed E-state index contributed by atoms with van der Waals surface area (Å²) < 4.78 is 45.6. The second-order valence-electron chi connectivity index (χ2n) is 6.57. The van der Waals surface area contributed by atoms with Gasteiger partial charge in [-0.3, -0.25) is 14.9 Å². The third-order valence-corrected chi connectivity index (χ3v) is 5.33. The number of furan rings is 1. The summed E-state index contributed by atoms with van der Waals surface area (Å²) >= 11 is 0. The number of halogens is 3. The van der Waals surface area contributed by atoms with Crippen molar-refractivity contribution in [1.82, 2.24) is 5.32 Å². The maximum absolute atomic E-state index is 13.5. The number of nitrogens with one attached hydrogen (secondary N) is 1. The number of hydrogen-bond acceptors (Lipinski definition) is 4. The van der Waals surface area contributed by atoms with E-state index < -0.39 is 29.6 Å². The number of rotatable bonds is 2. The van der Waals surface area contributed by atoms with Crippen molar-refractivity contribution in [3.8, 4) is 0 Å². The number of anilines is 1. The van der Waals surface area contributed by atoms with Crippen LogP contribution in [0.2, 0.25) is 0 Å². The molecule has 1 aromatic heterocycles. The molecule has 2 aliphatic heterocycles. The summed E-state index contributed by atoms with van der Waals surface area (Å²) in [6.07, 6.45) is -3.18. The monoisotopic (exact) mass is 364 g/mol. The van der Waals surface area contributed by atoms with Crippen LogP contribution in [-0.4, -0.2) is 31.5 Å².